The molecule has 0 atom stereocenters. The van der Waals surface area contributed by atoms with Gasteiger partial charge in [0.1, 0.15) is 0 Å². The molecule has 152 valence electrons. The monoisotopic (exact) mass is 435 g/mol. The van der Waals surface area contributed by atoms with Crippen molar-refractivity contribution >= 4 is 28.9 Å². The molecule has 0 aromatic heterocycles. The SMILES string of the molecule is C/C(=N\N1CCN(C2c3ccccc3-c3ccccc32)CC1)c1ccc(Cl)cc1Cl. The zero-order valence-electron chi connectivity index (χ0n) is 16.9. The molecule has 1 fully saturated rings. The minimum atomic E-state index is 0.329. The summed E-state index contributed by atoms with van der Waals surface area (Å²) in [5, 5.41) is 8.28. The molecule has 2 aliphatic rings. The summed E-state index contributed by atoms with van der Waals surface area (Å²) in [5.41, 5.74) is 7.42. The first-order valence-electron chi connectivity index (χ1n) is 10.3. The lowest BCUT2D eigenvalue weighted by molar-refractivity contribution is 0.114. The summed E-state index contributed by atoms with van der Waals surface area (Å²) < 4.78 is 0. The zero-order valence-corrected chi connectivity index (χ0v) is 18.4. The van der Waals surface area contributed by atoms with Crippen LogP contribution in [0.25, 0.3) is 11.1 Å². The van der Waals surface area contributed by atoms with Gasteiger partial charge >= 0.3 is 0 Å². The van der Waals surface area contributed by atoms with Crippen LogP contribution in [0.5, 0.6) is 0 Å². The minimum Gasteiger partial charge on any atom is -0.294 e. The predicted octanol–water partition coefficient (Wildman–Crippen LogP) is 6.11. The van der Waals surface area contributed by atoms with Crippen molar-refractivity contribution in [2.45, 2.75) is 13.0 Å². The van der Waals surface area contributed by atoms with Crippen LogP contribution < -0.4 is 0 Å². The Hall–Kier alpha value is -2.33. The van der Waals surface area contributed by atoms with Crippen molar-refractivity contribution < 1.29 is 0 Å². The fourth-order valence-corrected chi connectivity index (χ4v) is 5.19. The van der Waals surface area contributed by atoms with E-state index in [9.17, 15) is 0 Å². The van der Waals surface area contributed by atoms with Gasteiger partial charge in [0.2, 0.25) is 0 Å². The van der Waals surface area contributed by atoms with E-state index >= 15 is 0 Å². The minimum absolute atomic E-state index is 0.329. The predicted molar refractivity (Wildman–Crippen MR) is 126 cm³/mol. The molecule has 1 heterocycles. The third-order valence-corrected chi connectivity index (χ3v) is 6.62. The fraction of sp³-hybridized carbons (Fsp3) is 0.240. The summed E-state index contributed by atoms with van der Waals surface area (Å²) in [6.07, 6.45) is 0. The van der Waals surface area contributed by atoms with Crippen molar-refractivity contribution in [2.75, 3.05) is 26.2 Å². The summed E-state index contributed by atoms with van der Waals surface area (Å²) in [6, 6.07) is 23.5. The lowest BCUT2D eigenvalue weighted by Crippen LogP contribution is -2.45. The lowest BCUT2D eigenvalue weighted by atomic mass is 10.0. The van der Waals surface area contributed by atoms with Crippen molar-refractivity contribution in [1.82, 2.24) is 9.91 Å². The Morgan fingerprint density at radius 1 is 0.833 bits per heavy atom. The van der Waals surface area contributed by atoms with Crippen LogP contribution in [0.4, 0.5) is 0 Å². The molecule has 3 aromatic carbocycles. The standard InChI is InChI=1S/C25H23Cl2N3/c1-17(19-11-10-18(26)16-24(19)27)28-30-14-12-29(13-15-30)25-22-8-4-2-6-20(22)21-7-3-5-9-23(21)25/h2-11,16,25H,12-15H2,1H3/b28-17+. The van der Waals surface area contributed by atoms with Gasteiger partial charge in [0.25, 0.3) is 0 Å². The van der Waals surface area contributed by atoms with Crippen molar-refractivity contribution in [3.8, 4) is 11.1 Å². The highest BCUT2D eigenvalue weighted by molar-refractivity contribution is 6.37. The smallest absolute Gasteiger partial charge is 0.0661 e. The van der Waals surface area contributed by atoms with Crippen LogP contribution >= 0.6 is 23.2 Å². The van der Waals surface area contributed by atoms with E-state index in [0.29, 0.717) is 16.1 Å². The maximum absolute atomic E-state index is 6.36. The maximum atomic E-state index is 6.36. The van der Waals surface area contributed by atoms with Gasteiger partial charge in [-0.25, -0.2) is 0 Å². The highest BCUT2D eigenvalue weighted by atomic mass is 35.5. The summed E-state index contributed by atoms with van der Waals surface area (Å²) >= 11 is 12.4. The number of hydrogen-bond donors (Lipinski definition) is 0. The molecule has 0 saturated carbocycles. The molecule has 0 amide bonds. The van der Waals surface area contributed by atoms with Crippen LogP contribution in [0.3, 0.4) is 0 Å². The maximum Gasteiger partial charge on any atom is 0.0661 e. The number of hydrogen-bond acceptors (Lipinski definition) is 3. The molecule has 0 N–H and O–H groups in total. The largest absolute Gasteiger partial charge is 0.294 e. The molecule has 1 aliphatic heterocycles. The third-order valence-electron chi connectivity index (χ3n) is 6.07. The van der Waals surface area contributed by atoms with Gasteiger partial charge in [-0.2, -0.15) is 5.10 Å². The van der Waals surface area contributed by atoms with Gasteiger partial charge in [0, 0.05) is 36.8 Å². The van der Waals surface area contributed by atoms with Crippen LogP contribution in [0.1, 0.15) is 29.7 Å². The topological polar surface area (TPSA) is 18.8 Å². The molecule has 5 rings (SSSR count). The van der Waals surface area contributed by atoms with Gasteiger partial charge in [-0.1, -0.05) is 77.8 Å². The second kappa shape index (κ2) is 8.07. The summed E-state index contributed by atoms with van der Waals surface area (Å²) in [4.78, 5) is 2.58. The molecule has 30 heavy (non-hydrogen) atoms. The first-order chi connectivity index (χ1) is 14.6. The van der Waals surface area contributed by atoms with E-state index in [1.807, 2.05) is 19.1 Å². The van der Waals surface area contributed by atoms with E-state index in [1.54, 1.807) is 6.07 Å². The van der Waals surface area contributed by atoms with E-state index in [4.69, 9.17) is 28.3 Å². The molecular weight excluding hydrogens is 413 g/mol. The van der Waals surface area contributed by atoms with Gasteiger partial charge in [-0.15, -0.1) is 0 Å². The number of hydrazone groups is 1. The van der Waals surface area contributed by atoms with Crippen molar-refractivity contribution in [2.24, 2.45) is 5.10 Å². The Bertz CT molecular complexity index is 1070. The van der Waals surface area contributed by atoms with E-state index in [0.717, 1.165) is 37.5 Å². The average Bonchev–Trinajstić information content (AvgIpc) is 3.09. The van der Waals surface area contributed by atoms with Crippen LogP contribution in [-0.4, -0.2) is 41.8 Å². The Balaban J connectivity index is 1.34. The Kier molecular flexibility index (Phi) is 5.28. The van der Waals surface area contributed by atoms with E-state index in [1.165, 1.54) is 22.3 Å². The highest BCUT2D eigenvalue weighted by Crippen LogP contribution is 2.46. The second-order valence-electron chi connectivity index (χ2n) is 7.88. The fourth-order valence-electron chi connectivity index (χ4n) is 4.64. The second-order valence-corrected chi connectivity index (χ2v) is 8.72. The Morgan fingerprint density at radius 3 is 2.03 bits per heavy atom. The number of rotatable bonds is 3. The first kappa shape index (κ1) is 19.6. The lowest BCUT2D eigenvalue weighted by Gasteiger charge is -2.37. The number of fused-ring (bicyclic) bond motifs is 3. The molecule has 0 radical (unpaired) electrons. The summed E-state index contributed by atoms with van der Waals surface area (Å²) in [7, 11) is 0. The average molecular weight is 436 g/mol. The number of benzene rings is 3. The quantitative estimate of drug-likeness (QED) is 0.462. The summed E-state index contributed by atoms with van der Waals surface area (Å²) in [5.74, 6) is 0. The molecule has 3 aromatic rings. The molecule has 0 spiro atoms. The summed E-state index contributed by atoms with van der Waals surface area (Å²) in [6.45, 7) is 5.73. The Labute approximate surface area is 187 Å². The number of halogens is 2. The van der Waals surface area contributed by atoms with Gasteiger partial charge in [0.15, 0.2) is 0 Å². The van der Waals surface area contributed by atoms with E-state index in [-0.39, 0.29) is 0 Å². The van der Waals surface area contributed by atoms with E-state index in [2.05, 4.69) is 58.4 Å². The normalized spacial score (nSPS) is 17.2. The van der Waals surface area contributed by atoms with Gasteiger partial charge < -0.3 is 0 Å². The molecule has 0 unspecified atom stereocenters. The first-order valence-corrected chi connectivity index (χ1v) is 11.1. The van der Waals surface area contributed by atoms with Gasteiger partial charge in [-0.3, -0.25) is 9.91 Å². The van der Waals surface area contributed by atoms with Crippen molar-refractivity contribution in [3.05, 3.63) is 93.5 Å². The molecule has 0 bridgehead atoms. The molecule has 3 nitrogen and oxygen atoms in total. The molecular formula is C25H23Cl2N3. The van der Waals surface area contributed by atoms with Gasteiger partial charge in [0.05, 0.1) is 16.8 Å². The van der Waals surface area contributed by atoms with Crippen LogP contribution in [0, 0.1) is 0 Å². The molecule has 1 saturated heterocycles. The third kappa shape index (κ3) is 3.51. The van der Waals surface area contributed by atoms with Crippen LogP contribution in [-0.2, 0) is 0 Å². The Morgan fingerprint density at radius 2 is 1.43 bits per heavy atom. The van der Waals surface area contributed by atoms with Crippen molar-refractivity contribution in [3.63, 3.8) is 0 Å². The molecule has 5 heteroatoms. The van der Waals surface area contributed by atoms with E-state index < -0.39 is 0 Å². The number of piperazine rings is 1. The highest BCUT2D eigenvalue weighted by Gasteiger charge is 2.34. The molecule has 1 aliphatic carbocycles. The van der Waals surface area contributed by atoms with Gasteiger partial charge in [-0.05, 0) is 41.3 Å². The van der Waals surface area contributed by atoms with Crippen LogP contribution in [0.15, 0.2) is 71.8 Å². The number of nitrogens with zero attached hydrogens (tertiary/aromatic N) is 3. The van der Waals surface area contributed by atoms with Crippen molar-refractivity contribution in [1.29, 1.82) is 0 Å². The zero-order chi connectivity index (χ0) is 20.7. The van der Waals surface area contributed by atoms with Crippen LogP contribution in [0.2, 0.25) is 10.0 Å².